The van der Waals surface area contributed by atoms with E-state index in [2.05, 4.69) is 0 Å². The van der Waals surface area contributed by atoms with Crippen molar-refractivity contribution in [1.29, 1.82) is 0 Å². The van der Waals surface area contributed by atoms with Crippen LogP contribution in [0.1, 0.15) is 0 Å². The quantitative estimate of drug-likeness (QED) is 0.501. The molecule has 0 heterocycles. The van der Waals surface area contributed by atoms with Gasteiger partial charge in [0.15, 0.2) is 18.3 Å². The van der Waals surface area contributed by atoms with Gasteiger partial charge in [0.2, 0.25) is 0 Å². The molecule has 5 nitrogen and oxygen atoms in total. The fraction of sp³-hybridized carbons (Fsp3) is 0.333. The third-order valence-corrected chi connectivity index (χ3v) is 1.82. The molecule has 0 atom stereocenters. The maximum Gasteiger partial charge on any atom is 0.488 e. The van der Waals surface area contributed by atoms with E-state index in [1.54, 1.807) is 12.1 Å². The maximum absolute atomic E-state index is 8.97. The van der Waals surface area contributed by atoms with Crippen LogP contribution in [0, 0.1) is 0 Å². The summed E-state index contributed by atoms with van der Waals surface area (Å²) in [5, 5.41) is 17.9. The van der Waals surface area contributed by atoms with Gasteiger partial charge >= 0.3 is 7.12 Å². The number of rotatable bonds is 5. The molecule has 0 unspecified atom stereocenters. The van der Waals surface area contributed by atoms with Gasteiger partial charge in [-0.05, 0) is 17.6 Å². The van der Waals surface area contributed by atoms with E-state index in [9.17, 15) is 0 Å². The molecule has 82 valence electrons. The zero-order valence-electron chi connectivity index (χ0n) is 8.64. The van der Waals surface area contributed by atoms with E-state index >= 15 is 0 Å². The minimum Gasteiger partial charge on any atom is -0.493 e. The van der Waals surface area contributed by atoms with Crippen LogP contribution in [0.25, 0.3) is 0 Å². The zero-order chi connectivity index (χ0) is 11.3. The summed E-state index contributed by atoms with van der Waals surface area (Å²) < 4.78 is 15.0. The standard InChI is InChI=1S/C9H13BO5/c1-13-6-15-9-5-7(10(11)12)3-4-8(9)14-2/h3-5,11-12H,6H2,1-2H3. The minimum atomic E-state index is -1.53. The van der Waals surface area contributed by atoms with Crippen LogP contribution in [0.4, 0.5) is 0 Å². The van der Waals surface area contributed by atoms with Gasteiger partial charge in [-0.3, -0.25) is 0 Å². The molecule has 0 aliphatic carbocycles. The van der Waals surface area contributed by atoms with Crippen LogP contribution in [0.5, 0.6) is 11.5 Å². The van der Waals surface area contributed by atoms with E-state index < -0.39 is 7.12 Å². The van der Waals surface area contributed by atoms with Gasteiger partial charge in [-0.2, -0.15) is 0 Å². The highest BCUT2D eigenvalue weighted by Gasteiger charge is 2.14. The predicted molar refractivity (Wildman–Crippen MR) is 55.3 cm³/mol. The molecule has 2 N–H and O–H groups in total. The van der Waals surface area contributed by atoms with Crippen LogP contribution in [-0.4, -0.2) is 38.2 Å². The Hall–Kier alpha value is -1.24. The Morgan fingerprint density at radius 1 is 1.20 bits per heavy atom. The summed E-state index contributed by atoms with van der Waals surface area (Å²) in [5.74, 6) is 0.918. The van der Waals surface area contributed by atoms with Gasteiger partial charge in [0.05, 0.1) is 7.11 Å². The highest BCUT2D eigenvalue weighted by Crippen LogP contribution is 2.24. The normalized spacial score (nSPS) is 9.87. The van der Waals surface area contributed by atoms with E-state index in [1.807, 2.05) is 0 Å². The molecule has 0 aliphatic heterocycles. The van der Waals surface area contributed by atoms with Crippen LogP contribution < -0.4 is 14.9 Å². The van der Waals surface area contributed by atoms with Crippen LogP contribution in [0.3, 0.4) is 0 Å². The summed E-state index contributed by atoms with van der Waals surface area (Å²) >= 11 is 0. The lowest BCUT2D eigenvalue weighted by Crippen LogP contribution is -2.29. The van der Waals surface area contributed by atoms with Crippen molar-refractivity contribution in [3.8, 4) is 11.5 Å². The Morgan fingerprint density at radius 3 is 2.47 bits per heavy atom. The summed E-state index contributed by atoms with van der Waals surface area (Å²) in [4.78, 5) is 0. The fourth-order valence-electron chi connectivity index (χ4n) is 1.09. The monoisotopic (exact) mass is 212 g/mol. The summed E-state index contributed by atoms with van der Waals surface area (Å²) in [5.41, 5.74) is 0.335. The van der Waals surface area contributed by atoms with E-state index in [-0.39, 0.29) is 6.79 Å². The lowest BCUT2D eigenvalue weighted by atomic mass is 9.80. The second kappa shape index (κ2) is 5.60. The second-order valence-electron chi connectivity index (χ2n) is 2.83. The van der Waals surface area contributed by atoms with Crippen molar-refractivity contribution in [3.63, 3.8) is 0 Å². The van der Waals surface area contributed by atoms with Gasteiger partial charge in [0.1, 0.15) is 0 Å². The van der Waals surface area contributed by atoms with E-state index in [0.29, 0.717) is 17.0 Å². The number of methoxy groups -OCH3 is 2. The van der Waals surface area contributed by atoms with Gasteiger partial charge in [-0.25, -0.2) is 0 Å². The van der Waals surface area contributed by atoms with Gasteiger partial charge in [-0.15, -0.1) is 0 Å². The molecule has 0 fully saturated rings. The maximum atomic E-state index is 8.97. The third-order valence-electron chi connectivity index (χ3n) is 1.82. The topological polar surface area (TPSA) is 68.2 Å². The second-order valence-corrected chi connectivity index (χ2v) is 2.83. The Kier molecular flexibility index (Phi) is 4.42. The molecule has 0 saturated carbocycles. The average Bonchev–Trinajstić information content (AvgIpc) is 2.25. The average molecular weight is 212 g/mol. The van der Waals surface area contributed by atoms with Crippen molar-refractivity contribution in [2.24, 2.45) is 0 Å². The summed E-state index contributed by atoms with van der Waals surface area (Å²) in [6, 6.07) is 4.63. The van der Waals surface area contributed by atoms with Gasteiger partial charge < -0.3 is 24.3 Å². The molecule has 1 aromatic carbocycles. The van der Waals surface area contributed by atoms with Crippen molar-refractivity contribution < 1.29 is 24.3 Å². The summed E-state index contributed by atoms with van der Waals surface area (Å²) in [6.07, 6.45) is 0. The molecule has 6 heteroatoms. The molecule has 15 heavy (non-hydrogen) atoms. The summed E-state index contributed by atoms with van der Waals surface area (Å²) in [7, 11) is 1.47. The molecule has 1 rings (SSSR count). The highest BCUT2D eigenvalue weighted by molar-refractivity contribution is 6.58. The summed E-state index contributed by atoms with van der Waals surface area (Å²) in [6.45, 7) is 0.0708. The first-order valence-electron chi connectivity index (χ1n) is 4.35. The first-order valence-corrected chi connectivity index (χ1v) is 4.35. The molecule has 0 radical (unpaired) electrons. The lowest BCUT2D eigenvalue weighted by molar-refractivity contribution is 0.0492. The fourth-order valence-corrected chi connectivity index (χ4v) is 1.09. The van der Waals surface area contributed by atoms with Crippen molar-refractivity contribution in [3.05, 3.63) is 18.2 Å². The van der Waals surface area contributed by atoms with Crippen LogP contribution >= 0.6 is 0 Å². The van der Waals surface area contributed by atoms with Crippen molar-refractivity contribution in [2.45, 2.75) is 0 Å². The molecular formula is C9H13BO5. The first kappa shape index (κ1) is 11.8. The van der Waals surface area contributed by atoms with Crippen molar-refractivity contribution >= 4 is 12.6 Å². The molecule has 0 bridgehead atoms. The molecule has 0 saturated heterocycles. The Labute approximate surface area is 88.3 Å². The van der Waals surface area contributed by atoms with E-state index in [0.717, 1.165) is 0 Å². The molecule has 0 amide bonds. The van der Waals surface area contributed by atoms with E-state index in [1.165, 1.54) is 20.3 Å². The Bertz CT molecular complexity index is 315. The molecule has 1 aromatic rings. The predicted octanol–water partition coefficient (Wildman–Crippen LogP) is -0.642. The number of benzene rings is 1. The largest absolute Gasteiger partial charge is 0.493 e. The van der Waals surface area contributed by atoms with E-state index in [4.69, 9.17) is 24.3 Å². The van der Waals surface area contributed by atoms with Crippen LogP contribution in [0.15, 0.2) is 18.2 Å². The van der Waals surface area contributed by atoms with Crippen LogP contribution in [-0.2, 0) is 4.74 Å². The smallest absolute Gasteiger partial charge is 0.488 e. The zero-order valence-corrected chi connectivity index (χ0v) is 8.64. The third kappa shape index (κ3) is 3.12. The van der Waals surface area contributed by atoms with Crippen LogP contribution in [0.2, 0.25) is 0 Å². The molecule has 0 aliphatic rings. The van der Waals surface area contributed by atoms with Crippen molar-refractivity contribution in [1.82, 2.24) is 0 Å². The lowest BCUT2D eigenvalue weighted by Gasteiger charge is -2.11. The molecule has 0 aromatic heterocycles. The van der Waals surface area contributed by atoms with Crippen molar-refractivity contribution in [2.75, 3.05) is 21.0 Å². The van der Waals surface area contributed by atoms with Gasteiger partial charge in [0, 0.05) is 7.11 Å². The molecular weight excluding hydrogens is 199 g/mol. The Morgan fingerprint density at radius 2 is 1.93 bits per heavy atom. The number of ether oxygens (including phenoxy) is 3. The first-order chi connectivity index (χ1) is 7.19. The molecule has 0 spiro atoms. The number of hydrogen-bond donors (Lipinski definition) is 2. The number of hydrogen-bond acceptors (Lipinski definition) is 5. The Balaban J connectivity index is 2.91. The SMILES string of the molecule is COCOc1cc(B(O)O)ccc1OC. The van der Waals surface area contributed by atoms with Gasteiger partial charge in [0.25, 0.3) is 0 Å². The van der Waals surface area contributed by atoms with Gasteiger partial charge in [-0.1, -0.05) is 6.07 Å². The highest BCUT2D eigenvalue weighted by atomic mass is 16.7. The minimum absolute atomic E-state index is 0.0708.